The van der Waals surface area contributed by atoms with Gasteiger partial charge in [-0.2, -0.15) is 0 Å². The Morgan fingerprint density at radius 1 is 1.60 bits per heavy atom. The summed E-state index contributed by atoms with van der Waals surface area (Å²) < 4.78 is 45.3. The molecule has 0 rings (SSSR count). The minimum absolute atomic E-state index is 0.627. The van der Waals surface area contributed by atoms with Crippen LogP contribution in [-0.2, 0) is 0 Å². The summed E-state index contributed by atoms with van der Waals surface area (Å²) in [6, 6.07) is 0. The van der Waals surface area contributed by atoms with Gasteiger partial charge in [-0.05, 0) is 0 Å². The molecule has 1 atom stereocenters. The van der Waals surface area contributed by atoms with Crippen molar-refractivity contribution in [2.24, 2.45) is 0 Å². The van der Waals surface area contributed by atoms with Gasteiger partial charge in [0.1, 0.15) is 0 Å². The molecule has 0 aromatic rings. The number of rotatable bonds is 3. The van der Waals surface area contributed by atoms with Crippen molar-refractivity contribution >= 4 is 0 Å². The van der Waals surface area contributed by atoms with Gasteiger partial charge in [-0.3, -0.25) is 0 Å². The Morgan fingerprint density at radius 2 is 2.00 bits per heavy atom. The van der Waals surface area contributed by atoms with Gasteiger partial charge in [0.15, 0.2) is 0 Å². The minimum atomic E-state index is -3.68. The molecule has 10 heavy (non-hydrogen) atoms. The zero-order valence-corrected chi connectivity index (χ0v) is 7.33. The van der Waals surface area contributed by atoms with E-state index < -0.39 is 37.5 Å². The van der Waals surface area contributed by atoms with E-state index in [1.165, 1.54) is 0 Å². The van der Waals surface area contributed by atoms with Crippen molar-refractivity contribution in [1.82, 2.24) is 0 Å². The maximum absolute atomic E-state index is 12.3. The number of alkyl halides is 4. The van der Waals surface area contributed by atoms with Crippen LogP contribution in [0, 0.1) is 0 Å². The van der Waals surface area contributed by atoms with Gasteiger partial charge in [0.25, 0.3) is 0 Å². The topological polar surface area (TPSA) is 0 Å². The second-order valence-electron chi connectivity index (χ2n) is 1.79. The molecule has 5 heteroatoms. The molecule has 0 aliphatic heterocycles. The fourth-order valence-electron chi connectivity index (χ4n) is 0.238. The average Bonchev–Trinajstić information content (AvgIpc) is 1.86. The van der Waals surface area contributed by atoms with Crippen molar-refractivity contribution in [2.45, 2.75) is 17.0 Å². The third kappa shape index (κ3) is 2.10. The van der Waals surface area contributed by atoms with Crippen LogP contribution in [0.4, 0.5) is 16.0 Å². The first-order chi connectivity index (χ1) is 4.42. The molecule has 0 aromatic heterocycles. The second kappa shape index (κ2) is 3.54. The van der Waals surface area contributed by atoms with Crippen LogP contribution in [0.5, 0.6) is 0 Å². The van der Waals surface area contributed by atoms with E-state index in [2.05, 4.69) is 6.58 Å². The summed E-state index contributed by atoms with van der Waals surface area (Å²) in [7, 11) is 0. The molecule has 62 valence electrons. The Morgan fingerprint density at radius 3 is 2.10 bits per heavy atom. The fraction of sp³-hybridized carbons (Fsp3) is 0.600. The Bertz CT molecular complexity index is 134. The molecule has 0 heterocycles. The first kappa shape index (κ1) is 10.2. The van der Waals surface area contributed by atoms with Crippen molar-refractivity contribution in [3.63, 3.8) is 0 Å². The van der Waals surface area contributed by atoms with Gasteiger partial charge >= 0.3 is 67.0 Å². The summed E-state index contributed by atoms with van der Waals surface area (Å²) in [4.78, 5) is 0. The molecular weight excluding hydrogens is 263 g/mol. The normalized spacial score (nSPS) is 15.3. The summed E-state index contributed by atoms with van der Waals surface area (Å²) in [5.74, 6) is -3.68. The number of hydrogen-bond donors (Lipinski definition) is 0. The number of allylic oxidation sites excluding steroid dienone is 1. The average molecular weight is 269 g/mol. The van der Waals surface area contributed by atoms with Gasteiger partial charge in [-0.1, -0.05) is 0 Å². The first-order valence-electron chi connectivity index (χ1n) is 2.35. The van der Waals surface area contributed by atoms with Crippen LogP contribution in [0.2, 0.25) is 0 Å². The zero-order valence-electron chi connectivity index (χ0n) is 5.17. The summed E-state index contributed by atoms with van der Waals surface area (Å²) in [6.07, 6.45) is 0. The molecule has 0 amide bonds. The van der Waals surface area contributed by atoms with Crippen LogP contribution in [-0.4, -0.2) is 10.1 Å². The fourth-order valence-corrected chi connectivity index (χ4v) is 1.07. The predicted molar refractivity (Wildman–Crippen MR) is 25.8 cm³/mol. The molecule has 0 aliphatic rings. The van der Waals surface area contributed by atoms with Crippen molar-refractivity contribution in [1.29, 1.82) is 0 Å². The monoisotopic (exact) mass is 269 g/mol. The second-order valence-corrected chi connectivity index (χ2v) is 3.35. The van der Waals surface area contributed by atoms with E-state index in [-0.39, 0.29) is 0 Å². The van der Waals surface area contributed by atoms with Crippen molar-refractivity contribution in [3.8, 4) is 0 Å². The molecule has 1 unspecified atom stereocenters. The summed E-state index contributed by atoms with van der Waals surface area (Å²) in [5.41, 5.74) is -0.627. The Hall–Kier alpha value is 0.190. The molecule has 0 aromatic carbocycles. The van der Waals surface area contributed by atoms with E-state index in [4.69, 9.17) is 0 Å². The Kier molecular flexibility index (Phi) is 3.61. The molecule has 0 N–H and O–H groups in total. The molecule has 0 nitrogen and oxygen atoms in total. The molecule has 0 fully saturated rings. The molecule has 0 saturated heterocycles. The molecule has 0 saturated carbocycles. The van der Waals surface area contributed by atoms with Crippen LogP contribution >= 0.6 is 0 Å². The number of halogens is 5. The van der Waals surface area contributed by atoms with Crippen LogP contribution < -0.4 is 21.8 Å². The van der Waals surface area contributed by atoms with Crippen molar-refractivity contribution in [2.75, 3.05) is 0 Å². The van der Waals surface area contributed by atoms with E-state index in [1.807, 2.05) is 0 Å². The van der Waals surface area contributed by atoms with E-state index in [1.54, 1.807) is 0 Å². The van der Waals surface area contributed by atoms with E-state index in [9.17, 15) is 16.0 Å². The van der Waals surface area contributed by atoms with Gasteiger partial charge in [0, 0.05) is 0 Å². The molecule has 0 spiro atoms. The Balaban J connectivity index is 4.23. The Labute approximate surface area is 67.3 Å². The van der Waals surface area contributed by atoms with Crippen molar-refractivity contribution < 1.29 is 37.8 Å². The summed E-state index contributed by atoms with van der Waals surface area (Å²) >= 11 is -2.56. The zero-order chi connectivity index (χ0) is 8.36. The van der Waals surface area contributed by atoms with Crippen molar-refractivity contribution in [3.05, 3.63) is 12.2 Å². The van der Waals surface area contributed by atoms with E-state index in [0.29, 0.717) is 0 Å². The van der Waals surface area contributed by atoms with Gasteiger partial charge < -0.3 is 0 Å². The summed E-state index contributed by atoms with van der Waals surface area (Å²) in [5, 5.41) is 0. The van der Waals surface area contributed by atoms with Crippen LogP contribution in [0.15, 0.2) is 12.2 Å². The summed E-state index contributed by atoms with van der Waals surface area (Å²) in [6.45, 7) is 3.83. The SMILES string of the molecule is C=C(C)C(F)(F)C(F)[I-]F. The quantitative estimate of drug-likeness (QED) is 0.279. The van der Waals surface area contributed by atoms with Crippen LogP contribution in [0.1, 0.15) is 6.92 Å². The standard InChI is InChI=1S/C5H6F4I/c1-3(2)5(7,8)4(6)10-9/h4H,1H2,2H3/q-1. The third-order valence-corrected chi connectivity index (χ3v) is 2.11. The van der Waals surface area contributed by atoms with E-state index >= 15 is 0 Å². The molecule has 0 bridgehead atoms. The van der Waals surface area contributed by atoms with Crippen LogP contribution in [0.25, 0.3) is 0 Å². The van der Waals surface area contributed by atoms with Gasteiger partial charge in [-0.25, -0.2) is 0 Å². The number of hydrogen-bond acceptors (Lipinski definition) is 0. The van der Waals surface area contributed by atoms with E-state index in [0.717, 1.165) is 6.92 Å². The molecule has 0 radical (unpaired) electrons. The molecule has 0 aliphatic carbocycles. The van der Waals surface area contributed by atoms with Gasteiger partial charge in [0.05, 0.1) is 0 Å². The third-order valence-electron chi connectivity index (χ3n) is 0.915. The molecular formula is C5H6F4I-. The predicted octanol–water partition coefficient (Wildman–Crippen LogP) is -0.533. The van der Waals surface area contributed by atoms with Gasteiger partial charge in [-0.15, -0.1) is 0 Å². The van der Waals surface area contributed by atoms with Gasteiger partial charge in [0.2, 0.25) is 0 Å². The maximum atomic E-state index is 12.3. The van der Waals surface area contributed by atoms with Crippen LogP contribution in [0.3, 0.4) is 0 Å². The first-order valence-corrected chi connectivity index (χ1v) is 4.41.